The molecule has 1 N–H and O–H groups in total. The molecule has 0 amide bonds. The molecule has 0 unspecified atom stereocenters. The second-order valence-corrected chi connectivity index (χ2v) is 6.50. The monoisotopic (exact) mass is 442 g/mol. The molecule has 8 nitrogen and oxygen atoms in total. The standard InChI is InChI=1S/C21H13F3N4O4/c22-21(23,24)32-16-3-1-2-15(12-16)27-11-9-18(29)19(26-27)17-8-10-25-28(17)14-6-4-13(5-7-14)20(30)31/h1-12H,(H,30,31). The van der Waals surface area contributed by atoms with Crippen LogP contribution in [0.15, 0.2) is 77.9 Å². The van der Waals surface area contributed by atoms with Crippen LogP contribution < -0.4 is 10.2 Å². The van der Waals surface area contributed by atoms with E-state index in [2.05, 4.69) is 14.9 Å². The Kier molecular flexibility index (Phi) is 5.23. The molecule has 0 saturated heterocycles. The fraction of sp³-hybridized carbons (Fsp3) is 0.0476. The van der Waals surface area contributed by atoms with Gasteiger partial charge in [0.05, 0.1) is 28.8 Å². The smallest absolute Gasteiger partial charge is 0.478 e. The molecule has 2 heterocycles. The van der Waals surface area contributed by atoms with E-state index in [9.17, 15) is 22.8 Å². The van der Waals surface area contributed by atoms with Gasteiger partial charge in [-0.3, -0.25) is 4.79 Å². The Morgan fingerprint density at radius 1 is 1.00 bits per heavy atom. The highest BCUT2D eigenvalue weighted by Crippen LogP contribution is 2.25. The molecular weight excluding hydrogens is 429 g/mol. The van der Waals surface area contributed by atoms with Crippen molar-refractivity contribution in [2.24, 2.45) is 0 Å². The summed E-state index contributed by atoms with van der Waals surface area (Å²) < 4.78 is 44.2. The van der Waals surface area contributed by atoms with Crippen LogP contribution in [0.25, 0.3) is 22.8 Å². The molecule has 0 radical (unpaired) electrons. The third-order valence-electron chi connectivity index (χ3n) is 4.37. The van der Waals surface area contributed by atoms with Gasteiger partial charge >= 0.3 is 12.3 Å². The molecule has 0 aliphatic heterocycles. The van der Waals surface area contributed by atoms with E-state index in [0.717, 1.165) is 12.1 Å². The van der Waals surface area contributed by atoms with Gasteiger partial charge < -0.3 is 9.84 Å². The van der Waals surface area contributed by atoms with E-state index < -0.39 is 23.5 Å². The summed E-state index contributed by atoms with van der Waals surface area (Å²) >= 11 is 0. The summed E-state index contributed by atoms with van der Waals surface area (Å²) in [6, 6.07) is 13.8. The van der Waals surface area contributed by atoms with Gasteiger partial charge in [-0.05, 0) is 42.5 Å². The third kappa shape index (κ3) is 4.36. The quantitative estimate of drug-likeness (QED) is 0.506. The lowest BCUT2D eigenvalue weighted by Crippen LogP contribution is -2.17. The summed E-state index contributed by atoms with van der Waals surface area (Å²) in [4.78, 5) is 23.6. The molecule has 0 aliphatic rings. The summed E-state index contributed by atoms with van der Waals surface area (Å²) in [7, 11) is 0. The molecule has 2 aromatic heterocycles. The van der Waals surface area contributed by atoms with E-state index in [1.54, 1.807) is 6.07 Å². The lowest BCUT2D eigenvalue weighted by Gasteiger charge is -2.12. The molecular formula is C21H13F3N4O4. The average molecular weight is 442 g/mol. The normalized spacial score (nSPS) is 11.3. The molecule has 0 aliphatic carbocycles. The van der Waals surface area contributed by atoms with Gasteiger partial charge in [0.15, 0.2) is 5.69 Å². The number of hydrogen-bond donors (Lipinski definition) is 1. The molecule has 11 heteroatoms. The SMILES string of the molecule is O=C(O)c1ccc(-n2nccc2-c2nn(-c3cccc(OC(F)(F)F)c3)ccc2=O)cc1. The first-order valence-corrected chi connectivity index (χ1v) is 9.05. The topological polar surface area (TPSA) is 99.2 Å². The molecule has 4 rings (SSSR count). The largest absolute Gasteiger partial charge is 0.573 e. The predicted octanol–water partition coefficient (Wildman–Crippen LogP) is 3.68. The van der Waals surface area contributed by atoms with Crippen molar-refractivity contribution in [3.63, 3.8) is 0 Å². The molecule has 2 aromatic carbocycles. The second-order valence-electron chi connectivity index (χ2n) is 6.50. The van der Waals surface area contributed by atoms with E-state index in [1.807, 2.05) is 0 Å². The summed E-state index contributed by atoms with van der Waals surface area (Å²) in [6.07, 6.45) is -2.08. The molecule has 0 atom stereocenters. The Labute approximate surface area is 177 Å². The first kappa shape index (κ1) is 20.8. The molecule has 0 bridgehead atoms. The Hall–Kier alpha value is -4.41. The number of carboxylic acid groups (broad SMARTS) is 1. The minimum absolute atomic E-state index is 0.00514. The van der Waals surface area contributed by atoms with Gasteiger partial charge in [-0.25, -0.2) is 14.2 Å². The number of carbonyl (C=O) groups is 1. The van der Waals surface area contributed by atoms with E-state index in [-0.39, 0.29) is 16.9 Å². The predicted molar refractivity (Wildman–Crippen MR) is 106 cm³/mol. The Morgan fingerprint density at radius 3 is 2.44 bits per heavy atom. The zero-order valence-electron chi connectivity index (χ0n) is 16.0. The van der Waals surface area contributed by atoms with E-state index in [0.29, 0.717) is 11.4 Å². The van der Waals surface area contributed by atoms with Crippen LogP contribution in [-0.2, 0) is 0 Å². The second kappa shape index (κ2) is 8.02. The Morgan fingerprint density at radius 2 is 1.75 bits per heavy atom. The molecule has 32 heavy (non-hydrogen) atoms. The number of alkyl halides is 3. The molecule has 0 saturated carbocycles. The fourth-order valence-corrected chi connectivity index (χ4v) is 2.99. The minimum atomic E-state index is -4.84. The van der Waals surface area contributed by atoms with Gasteiger partial charge in [-0.1, -0.05) is 6.07 Å². The van der Waals surface area contributed by atoms with Crippen LogP contribution in [0.3, 0.4) is 0 Å². The average Bonchev–Trinajstić information content (AvgIpc) is 3.23. The first-order valence-electron chi connectivity index (χ1n) is 9.05. The lowest BCUT2D eigenvalue weighted by molar-refractivity contribution is -0.274. The first-order chi connectivity index (χ1) is 15.2. The zero-order chi connectivity index (χ0) is 22.9. The zero-order valence-corrected chi connectivity index (χ0v) is 16.0. The van der Waals surface area contributed by atoms with Gasteiger partial charge in [0.2, 0.25) is 5.43 Å². The highest BCUT2D eigenvalue weighted by molar-refractivity contribution is 5.87. The van der Waals surface area contributed by atoms with E-state index in [1.165, 1.54) is 64.2 Å². The van der Waals surface area contributed by atoms with Crippen molar-refractivity contribution in [2.75, 3.05) is 0 Å². The van der Waals surface area contributed by atoms with Gasteiger partial charge in [0.1, 0.15) is 5.75 Å². The van der Waals surface area contributed by atoms with Crippen LogP contribution in [0.5, 0.6) is 5.75 Å². The minimum Gasteiger partial charge on any atom is -0.478 e. The van der Waals surface area contributed by atoms with Crippen molar-refractivity contribution in [3.8, 4) is 28.5 Å². The van der Waals surface area contributed by atoms with E-state index >= 15 is 0 Å². The van der Waals surface area contributed by atoms with Crippen molar-refractivity contribution in [1.29, 1.82) is 0 Å². The number of ether oxygens (including phenoxy) is 1. The van der Waals surface area contributed by atoms with E-state index in [4.69, 9.17) is 5.11 Å². The van der Waals surface area contributed by atoms with Crippen LogP contribution in [0.2, 0.25) is 0 Å². The van der Waals surface area contributed by atoms with Crippen molar-refractivity contribution < 1.29 is 27.8 Å². The summed E-state index contributed by atoms with van der Waals surface area (Å²) in [5.74, 6) is -1.51. The van der Waals surface area contributed by atoms with Crippen molar-refractivity contribution in [2.45, 2.75) is 6.36 Å². The van der Waals surface area contributed by atoms with Crippen LogP contribution in [0.1, 0.15) is 10.4 Å². The number of aromatic nitrogens is 4. The number of hydrogen-bond acceptors (Lipinski definition) is 5. The van der Waals surface area contributed by atoms with Crippen LogP contribution in [0, 0.1) is 0 Å². The fourth-order valence-electron chi connectivity index (χ4n) is 2.99. The number of nitrogens with zero attached hydrogens (tertiary/aromatic N) is 4. The molecule has 4 aromatic rings. The maximum atomic E-state index is 12.5. The number of aromatic carboxylic acids is 1. The van der Waals surface area contributed by atoms with Crippen LogP contribution in [-0.4, -0.2) is 37.0 Å². The highest BCUT2D eigenvalue weighted by Gasteiger charge is 2.31. The Balaban J connectivity index is 1.74. The molecule has 0 spiro atoms. The van der Waals surface area contributed by atoms with Gasteiger partial charge in [0, 0.05) is 18.3 Å². The maximum Gasteiger partial charge on any atom is 0.573 e. The van der Waals surface area contributed by atoms with Crippen LogP contribution in [0.4, 0.5) is 13.2 Å². The summed E-state index contributed by atoms with van der Waals surface area (Å²) in [5.41, 5.74) is 0.693. The number of halogens is 3. The third-order valence-corrected chi connectivity index (χ3v) is 4.37. The van der Waals surface area contributed by atoms with Gasteiger partial charge in [0.25, 0.3) is 0 Å². The highest BCUT2D eigenvalue weighted by atomic mass is 19.4. The maximum absolute atomic E-state index is 12.5. The van der Waals surface area contributed by atoms with Crippen molar-refractivity contribution >= 4 is 5.97 Å². The van der Waals surface area contributed by atoms with Gasteiger partial charge in [-0.15, -0.1) is 13.2 Å². The van der Waals surface area contributed by atoms with Crippen molar-refractivity contribution in [3.05, 3.63) is 88.8 Å². The van der Waals surface area contributed by atoms with Crippen LogP contribution >= 0.6 is 0 Å². The van der Waals surface area contributed by atoms with Crippen molar-refractivity contribution in [1.82, 2.24) is 19.6 Å². The molecule has 0 fully saturated rings. The number of carboxylic acids is 1. The summed E-state index contributed by atoms with van der Waals surface area (Å²) in [6.45, 7) is 0. The molecule has 162 valence electrons. The number of rotatable bonds is 5. The Bertz CT molecular complexity index is 1340. The number of benzene rings is 2. The van der Waals surface area contributed by atoms with Gasteiger partial charge in [-0.2, -0.15) is 10.2 Å². The lowest BCUT2D eigenvalue weighted by atomic mass is 10.2. The summed E-state index contributed by atoms with van der Waals surface area (Å²) in [5, 5.41) is 17.5.